The second-order valence-electron chi connectivity index (χ2n) is 10.8. The lowest BCUT2D eigenvalue weighted by atomic mass is 9.92. The molecule has 2 aliphatic rings. The SMILES string of the molecule is Cc1cc(NS(=O)(=O)C2CCC2)c2ccccc2c1Oc1ncccc1-c1ccnc(NC2CCC(N)CC2)n1.Cl. The van der Waals surface area contributed by atoms with Gasteiger partial charge in [0.25, 0.3) is 0 Å². The van der Waals surface area contributed by atoms with Crippen molar-refractivity contribution >= 4 is 44.8 Å². The van der Waals surface area contributed by atoms with Gasteiger partial charge in [0.1, 0.15) is 5.75 Å². The first kappa shape index (κ1) is 29.0. The monoisotopic (exact) mass is 594 g/mol. The molecule has 0 atom stereocenters. The van der Waals surface area contributed by atoms with Crippen molar-refractivity contribution in [2.45, 2.75) is 69.2 Å². The van der Waals surface area contributed by atoms with Crippen LogP contribution in [0.4, 0.5) is 11.6 Å². The molecule has 2 aromatic heterocycles. The highest BCUT2D eigenvalue weighted by atomic mass is 35.5. The number of nitrogens with two attached hydrogens (primary N) is 1. The second kappa shape index (κ2) is 12.2. The highest BCUT2D eigenvalue weighted by Gasteiger charge is 2.32. The Balaban J connectivity index is 0.00000337. The zero-order valence-corrected chi connectivity index (χ0v) is 24.5. The number of hydrogen-bond acceptors (Lipinski definition) is 8. The molecule has 2 saturated carbocycles. The number of anilines is 2. The summed E-state index contributed by atoms with van der Waals surface area (Å²) in [6.45, 7) is 1.91. The number of halogens is 1. The van der Waals surface area contributed by atoms with E-state index in [0.717, 1.165) is 54.0 Å². The van der Waals surface area contributed by atoms with E-state index >= 15 is 0 Å². The molecular weight excluding hydrogens is 560 g/mol. The van der Waals surface area contributed by atoms with Gasteiger partial charge >= 0.3 is 0 Å². The van der Waals surface area contributed by atoms with E-state index in [0.29, 0.717) is 47.8 Å². The summed E-state index contributed by atoms with van der Waals surface area (Å²) < 4.78 is 35.2. The van der Waals surface area contributed by atoms with Crippen molar-refractivity contribution in [3.63, 3.8) is 0 Å². The van der Waals surface area contributed by atoms with E-state index in [4.69, 9.17) is 15.5 Å². The topological polar surface area (TPSA) is 132 Å². The molecule has 4 N–H and O–H groups in total. The largest absolute Gasteiger partial charge is 0.437 e. The van der Waals surface area contributed by atoms with Gasteiger partial charge in [-0.25, -0.2) is 23.4 Å². The zero-order chi connectivity index (χ0) is 27.7. The molecule has 41 heavy (non-hydrogen) atoms. The summed E-state index contributed by atoms with van der Waals surface area (Å²) in [4.78, 5) is 13.8. The van der Waals surface area contributed by atoms with Gasteiger partial charge in [-0.1, -0.05) is 30.7 Å². The molecule has 9 nitrogen and oxygen atoms in total. The number of benzene rings is 2. The molecule has 2 heterocycles. The Labute approximate surface area is 246 Å². The van der Waals surface area contributed by atoms with Crippen LogP contribution >= 0.6 is 12.4 Å². The van der Waals surface area contributed by atoms with Gasteiger partial charge in [0, 0.05) is 35.2 Å². The number of nitrogens with one attached hydrogen (secondary N) is 2. The molecule has 2 aromatic carbocycles. The lowest BCUT2D eigenvalue weighted by Crippen LogP contribution is -2.33. The maximum Gasteiger partial charge on any atom is 0.235 e. The highest BCUT2D eigenvalue weighted by Crippen LogP contribution is 2.40. The van der Waals surface area contributed by atoms with Crippen LogP contribution in [0.5, 0.6) is 11.6 Å². The van der Waals surface area contributed by atoms with Gasteiger partial charge in [-0.3, -0.25) is 4.72 Å². The molecule has 0 amide bonds. The van der Waals surface area contributed by atoms with Crippen LogP contribution in [0, 0.1) is 6.92 Å². The third kappa shape index (κ3) is 6.24. The molecule has 0 saturated heterocycles. The van der Waals surface area contributed by atoms with Crippen molar-refractivity contribution in [1.82, 2.24) is 15.0 Å². The predicted molar refractivity (Wildman–Crippen MR) is 165 cm³/mol. The summed E-state index contributed by atoms with van der Waals surface area (Å²) in [6.07, 6.45) is 9.74. The normalized spacial score (nSPS) is 19.2. The van der Waals surface area contributed by atoms with Crippen LogP contribution in [0.2, 0.25) is 0 Å². The van der Waals surface area contributed by atoms with Crippen LogP contribution in [0.1, 0.15) is 50.5 Å². The first-order valence-corrected chi connectivity index (χ1v) is 15.4. The van der Waals surface area contributed by atoms with Crippen LogP contribution in [-0.2, 0) is 10.0 Å². The number of nitrogens with zero attached hydrogens (tertiary/aromatic N) is 3. The molecule has 6 rings (SSSR count). The number of sulfonamides is 1. The van der Waals surface area contributed by atoms with E-state index in [1.165, 1.54) is 0 Å². The number of ether oxygens (including phenoxy) is 1. The predicted octanol–water partition coefficient (Wildman–Crippen LogP) is 6.19. The summed E-state index contributed by atoms with van der Waals surface area (Å²) in [6, 6.07) is 15.7. The minimum atomic E-state index is -3.45. The van der Waals surface area contributed by atoms with E-state index < -0.39 is 10.0 Å². The van der Waals surface area contributed by atoms with E-state index in [2.05, 4.69) is 20.0 Å². The lowest BCUT2D eigenvalue weighted by Gasteiger charge is -2.26. The number of rotatable bonds is 8. The van der Waals surface area contributed by atoms with Crippen molar-refractivity contribution in [2.75, 3.05) is 10.0 Å². The Bertz CT molecular complexity index is 1640. The molecular formula is C30H35ClN6O3S. The summed E-state index contributed by atoms with van der Waals surface area (Å²) in [5.41, 5.74) is 8.84. The molecule has 2 aliphatic carbocycles. The van der Waals surface area contributed by atoms with Gasteiger partial charge in [0.15, 0.2) is 0 Å². The van der Waals surface area contributed by atoms with Gasteiger partial charge in [-0.2, -0.15) is 0 Å². The average molecular weight is 595 g/mol. The summed E-state index contributed by atoms with van der Waals surface area (Å²) in [5.74, 6) is 1.59. The lowest BCUT2D eigenvalue weighted by molar-refractivity contribution is 0.410. The van der Waals surface area contributed by atoms with Crippen molar-refractivity contribution in [3.05, 3.63) is 66.5 Å². The van der Waals surface area contributed by atoms with Crippen molar-refractivity contribution in [2.24, 2.45) is 5.73 Å². The minimum Gasteiger partial charge on any atom is -0.437 e. The third-order valence-corrected chi connectivity index (χ3v) is 9.78. The Morgan fingerprint density at radius 3 is 2.41 bits per heavy atom. The maximum absolute atomic E-state index is 12.9. The van der Waals surface area contributed by atoms with Crippen LogP contribution in [0.15, 0.2) is 60.9 Å². The molecule has 4 aromatic rings. The van der Waals surface area contributed by atoms with E-state index in [1.807, 2.05) is 55.5 Å². The van der Waals surface area contributed by atoms with Gasteiger partial charge in [0.2, 0.25) is 21.9 Å². The van der Waals surface area contributed by atoms with Gasteiger partial charge in [0.05, 0.1) is 22.2 Å². The zero-order valence-electron chi connectivity index (χ0n) is 22.9. The second-order valence-corrected chi connectivity index (χ2v) is 12.8. The van der Waals surface area contributed by atoms with Crippen LogP contribution in [-0.4, -0.2) is 40.7 Å². The quantitative estimate of drug-likeness (QED) is 0.220. The third-order valence-electron chi connectivity index (χ3n) is 7.93. The van der Waals surface area contributed by atoms with E-state index in [9.17, 15) is 8.42 Å². The molecule has 0 aliphatic heterocycles. The summed E-state index contributed by atoms with van der Waals surface area (Å²) in [5, 5.41) is 4.69. The van der Waals surface area contributed by atoms with Gasteiger partial charge < -0.3 is 15.8 Å². The average Bonchev–Trinajstić information content (AvgIpc) is 2.91. The molecule has 2 fully saturated rings. The molecule has 0 spiro atoms. The fourth-order valence-corrected chi connectivity index (χ4v) is 7.01. The molecule has 0 bridgehead atoms. The Morgan fingerprint density at radius 2 is 1.68 bits per heavy atom. The summed E-state index contributed by atoms with van der Waals surface area (Å²) >= 11 is 0. The minimum absolute atomic E-state index is 0. The summed E-state index contributed by atoms with van der Waals surface area (Å²) in [7, 11) is -3.45. The molecule has 216 valence electrons. The molecule has 0 unspecified atom stereocenters. The number of hydrogen-bond donors (Lipinski definition) is 3. The number of fused-ring (bicyclic) bond motifs is 1. The van der Waals surface area contributed by atoms with E-state index in [1.54, 1.807) is 12.4 Å². The van der Waals surface area contributed by atoms with Crippen LogP contribution < -0.4 is 20.5 Å². The van der Waals surface area contributed by atoms with Crippen molar-refractivity contribution in [1.29, 1.82) is 0 Å². The van der Waals surface area contributed by atoms with E-state index in [-0.39, 0.29) is 23.7 Å². The standard InChI is InChI=1S/C30H34N6O3S.ClH/c1-19-18-27(36-40(37,38)22-6-4-7-22)23-8-2-3-9-24(23)28(19)39-29-25(10-5-16-32-29)26-15-17-33-30(35-26)34-21-13-11-20(31)12-14-21;/h2-3,5,8-10,15-18,20-22,36H,4,6-7,11-14,31H2,1H3,(H,33,34,35);1H. The molecule has 11 heteroatoms. The number of pyridine rings is 1. The fourth-order valence-electron chi connectivity index (χ4n) is 5.41. The highest BCUT2D eigenvalue weighted by molar-refractivity contribution is 7.93. The first-order valence-electron chi connectivity index (χ1n) is 13.9. The van der Waals surface area contributed by atoms with Gasteiger partial charge in [-0.05, 0) is 75.3 Å². The van der Waals surface area contributed by atoms with Crippen molar-refractivity contribution < 1.29 is 13.2 Å². The Kier molecular flexibility index (Phi) is 8.63. The smallest absolute Gasteiger partial charge is 0.235 e. The fraction of sp³-hybridized carbons (Fsp3) is 0.367. The van der Waals surface area contributed by atoms with Crippen LogP contribution in [0.25, 0.3) is 22.0 Å². The molecule has 0 radical (unpaired) electrons. The Morgan fingerprint density at radius 1 is 0.927 bits per heavy atom. The maximum atomic E-state index is 12.9. The van der Waals surface area contributed by atoms with Crippen molar-refractivity contribution in [3.8, 4) is 22.9 Å². The van der Waals surface area contributed by atoms with Crippen LogP contribution in [0.3, 0.4) is 0 Å². The number of aromatic nitrogens is 3. The first-order chi connectivity index (χ1) is 19.4. The number of aryl methyl sites for hydroxylation is 1. The Hall–Kier alpha value is -3.47. The van der Waals surface area contributed by atoms with Gasteiger partial charge in [-0.15, -0.1) is 12.4 Å².